The summed E-state index contributed by atoms with van der Waals surface area (Å²) in [4.78, 5) is 16.0. The maximum Gasteiger partial charge on any atom is 0.239 e. The number of hydrogen-bond acceptors (Lipinski definition) is 3. The third kappa shape index (κ3) is 2.22. The van der Waals surface area contributed by atoms with Crippen LogP contribution in [0.5, 0.6) is 0 Å². The highest BCUT2D eigenvalue weighted by molar-refractivity contribution is 5.82. The first kappa shape index (κ1) is 11.4. The number of hydrogen-bond donors (Lipinski definition) is 2. The van der Waals surface area contributed by atoms with Crippen LogP contribution in [0, 0.1) is 0 Å². The zero-order valence-electron chi connectivity index (χ0n) is 10.0. The summed E-state index contributed by atoms with van der Waals surface area (Å²) < 4.78 is 1.89. The Labute approximate surface area is 99.8 Å². The summed E-state index contributed by atoms with van der Waals surface area (Å²) in [6.07, 6.45) is 0. The lowest BCUT2D eigenvalue weighted by Crippen LogP contribution is -2.24. The third-order valence-electron chi connectivity index (χ3n) is 2.57. The predicted octanol–water partition coefficient (Wildman–Crippen LogP) is 1.21. The van der Waals surface area contributed by atoms with Crippen molar-refractivity contribution in [3.8, 4) is 0 Å². The molecule has 0 saturated heterocycles. The second kappa shape index (κ2) is 4.86. The highest BCUT2D eigenvalue weighted by Gasteiger charge is 2.11. The molecule has 0 aliphatic rings. The molecular weight excluding hydrogens is 216 g/mol. The minimum atomic E-state index is -0.0349. The van der Waals surface area contributed by atoms with Crippen molar-refractivity contribution in [1.29, 1.82) is 0 Å². The van der Waals surface area contributed by atoms with E-state index in [9.17, 15) is 4.79 Å². The number of fused-ring (bicyclic) bond motifs is 1. The first-order valence-corrected chi connectivity index (χ1v) is 5.66. The van der Waals surface area contributed by atoms with E-state index in [1.165, 1.54) is 0 Å². The van der Waals surface area contributed by atoms with Crippen molar-refractivity contribution < 1.29 is 4.79 Å². The highest BCUT2D eigenvalue weighted by Crippen LogP contribution is 2.19. The fraction of sp³-hybridized carbons (Fsp3) is 0.333. The van der Waals surface area contributed by atoms with E-state index < -0.39 is 0 Å². The molecular formula is C12H16N4O. The zero-order valence-corrected chi connectivity index (χ0v) is 10.0. The van der Waals surface area contributed by atoms with Gasteiger partial charge in [-0.1, -0.05) is 12.1 Å². The number of para-hydroxylation sites is 2. The van der Waals surface area contributed by atoms with Crippen molar-refractivity contribution in [1.82, 2.24) is 14.9 Å². The van der Waals surface area contributed by atoms with E-state index in [1.807, 2.05) is 35.8 Å². The molecule has 1 aromatic carbocycles. The number of imidazole rings is 1. The summed E-state index contributed by atoms with van der Waals surface area (Å²) in [7, 11) is 1.63. The van der Waals surface area contributed by atoms with Gasteiger partial charge in [0, 0.05) is 13.6 Å². The molecule has 0 aliphatic heterocycles. The Balaban J connectivity index is 2.47. The molecule has 0 saturated carbocycles. The summed E-state index contributed by atoms with van der Waals surface area (Å²) >= 11 is 0. The predicted molar refractivity (Wildman–Crippen MR) is 68.0 cm³/mol. The van der Waals surface area contributed by atoms with Gasteiger partial charge in [0.1, 0.15) is 6.54 Å². The van der Waals surface area contributed by atoms with Gasteiger partial charge in [-0.3, -0.25) is 4.79 Å². The summed E-state index contributed by atoms with van der Waals surface area (Å²) in [5.74, 6) is 0.699. The monoisotopic (exact) mass is 232 g/mol. The summed E-state index contributed by atoms with van der Waals surface area (Å²) in [5, 5.41) is 5.79. The number of anilines is 1. The molecule has 17 heavy (non-hydrogen) atoms. The topological polar surface area (TPSA) is 59.0 Å². The summed E-state index contributed by atoms with van der Waals surface area (Å²) in [6.45, 7) is 3.06. The first-order valence-electron chi connectivity index (χ1n) is 5.66. The molecule has 0 atom stereocenters. The van der Waals surface area contributed by atoms with Crippen LogP contribution in [-0.4, -0.2) is 29.1 Å². The molecule has 1 heterocycles. The van der Waals surface area contributed by atoms with Crippen molar-refractivity contribution in [2.45, 2.75) is 13.5 Å². The number of rotatable bonds is 4. The van der Waals surface area contributed by atoms with E-state index in [-0.39, 0.29) is 12.5 Å². The van der Waals surface area contributed by atoms with E-state index in [1.54, 1.807) is 7.05 Å². The van der Waals surface area contributed by atoms with Crippen LogP contribution in [0.25, 0.3) is 11.0 Å². The summed E-state index contributed by atoms with van der Waals surface area (Å²) in [5.41, 5.74) is 1.86. The lowest BCUT2D eigenvalue weighted by Gasteiger charge is -2.08. The molecule has 2 rings (SSSR count). The number of carbonyl (C=O) groups excluding carboxylic acids is 1. The van der Waals surface area contributed by atoms with Gasteiger partial charge in [-0.2, -0.15) is 0 Å². The van der Waals surface area contributed by atoms with Gasteiger partial charge in [-0.25, -0.2) is 4.98 Å². The van der Waals surface area contributed by atoms with Crippen LogP contribution >= 0.6 is 0 Å². The molecule has 90 valence electrons. The minimum absolute atomic E-state index is 0.0349. The Bertz CT molecular complexity index is 532. The van der Waals surface area contributed by atoms with Gasteiger partial charge in [-0.15, -0.1) is 0 Å². The van der Waals surface area contributed by atoms with Crippen molar-refractivity contribution in [3.63, 3.8) is 0 Å². The number of aromatic nitrogens is 2. The average molecular weight is 232 g/mol. The number of amides is 1. The molecule has 0 unspecified atom stereocenters. The van der Waals surface area contributed by atoms with Crippen LogP contribution in [0.4, 0.5) is 5.95 Å². The molecule has 5 heteroatoms. The molecule has 1 amide bonds. The molecule has 2 N–H and O–H groups in total. The molecule has 0 radical (unpaired) electrons. The number of benzene rings is 1. The second-order valence-corrected chi connectivity index (χ2v) is 3.71. The van der Waals surface area contributed by atoms with Crippen molar-refractivity contribution in [2.75, 3.05) is 18.9 Å². The maximum atomic E-state index is 11.5. The Morgan fingerprint density at radius 1 is 1.41 bits per heavy atom. The maximum absolute atomic E-state index is 11.5. The van der Waals surface area contributed by atoms with E-state index in [0.29, 0.717) is 0 Å². The molecule has 0 fully saturated rings. The van der Waals surface area contributed by atoms with Gasteiger partial charge in [0.25, 0.3) is 0 Å². The fourth-order valence-corrected chi connectivity index (χ4v) is 1.75. The van der Waals surface area contributed by atoms with Crippen molar-refractivity contribution in [2.24, 2.45) is 0 Å². The molecule has 2 aromatic rings. The normalized spacial score (nSPS) is 10.5. The van der Waals surface area contributed by atoms with Gasteiger partial charge in [-0.05, 0) is 19.1 Å². The fourth-order valence-electron chi connectivity index (χ4n) is 1.75. The first-order chi connectivity index (χ1) is 8.26. The van der Waals surface area contributed by atoms with Gasteiger partial charge in [0.15, 0.2) is 0 Å². The zero-order chi connectivity index (χ0) is 12.3. The number of carbonyl (C=O) groups is 1. The van der Waals surface area contributed by atoms with Crippen LogP contribution in [-0.2, 0) is 11.3 Å². The quantitative estimate of drug-likeness (QED) is 0.833. The van der Waals surface area contributed by atoms with E-state index >= 15 is 0 Å². The Hall–Kier alpha value is -2.04. The number of nitrogens with zero attached hydrogens (tertiary/aromatic N) is 2. The smallest absolute Gasteiger partial charge is 0.239 e. The van der Waals surface area contributed by atoms with Crippen molar-refractivity contribution in [3.05, 3.63) is 24.3 Å². The molecule has 5 nitrogen and oxygen atoms in total. The van der Waals surface area contributed by atoms with Crippen LogP contribution < -0.4 is 10.6 Å². The Kier molecular flexibility index (Phi) is 3.27. The number of likely N-dealkylation sites (N-methyl/N-ethyl adjacent to an activating group) is 1. The lowest BCUT2D eigenvalue weighted by molar-refractivity contribution is -0.121. The second-order valence-electron chi connectivity index (χ2n) is 3.71. The van der Waals surface area contributed by atoms with Gasteiger partial charge in [0.05, 0.1) is 11.0 Å². The molecule has 0 bridgehead atoms. The van der Waals surface area contributed by atoms with Crippen LogP contribution in [0.1, 0.15) is 6.92 Å². The Morgan fingerprint density at radius 3 is 2.88 bits per heavy atom. The standard InChI is InChI=1S/C12H16N4O/c1-3-14-12-15-9-6-4-5-7-10(9)16(12)8-11(17)13-2/h4-7H,3,8H2,1-2H3,(H,13,17)(H,14,15). The van der Waals surface area contributed by atoms with Gasteiger partial charge >= 0.3 is 0 Å². The van der Waals surface area contributed by atoms with E-state index in [4.69, 9.17) is 0 Å². The third-order valence-corrected chi connectivity index (χ3v) is 2.57. The molecule has 0 spiro atoms. The van der Waals surface area contributed by atoms with Crippen LogP contribution in [0.2, 0.25) is 0 Å². The molecule has 1 aromatic heterocycles. The largest absolute Gasteiger partial charge is 0.358 e. The van der Waals surface area contributed by atoms with Crippen LogP contribution in [0.3, 0.4) is 0 Å². The van der Waals surface area contributed by atoms with Crippen molar-refractivity contribution >= 4 is 22.9 Å². The van der Waals surface area contributed by atoms with Crippen LogP contribution in [0.15, 0.2) is 24.3 Å². The van der Waals surface area contributed by atoms with Gasteiger partial charge in [0.2, 0.25) is 11.9 Å². The summed E-state index contributed by atoms with van der Waals surface area (Å²) in [6, 6.07) is 7.79. The molecule has 0 aliphatic carbocycles. The lowest BCUT2D eigenvalue weighted by atomic mass is 10.3. The number of nitrogens with one attached hydrogen (secondary N) is 2. The van der Waals surface area contributed by atoms with Gasteiger partial charge < -0.3 is 15.2 Å². The highest BCUT2D eigenvalue weighted by atomic mass is 16.1. The Morgan fingerprint density at radius 2 is 2.18 bits per heavy atom. The minimum Gasteiger partial charge on any atom is -0.358 e. The SMILES string of the molecule is CCNc1nc2ccccc2n1CC(=O)NC. The van der Waals surface area contributed by atoms with E-state index in [0.717, 1.165) is 23.5 Å². The average Bonchev–Trinajstić information content (AvgIpc) is 2.68. The van der Waals surface area contributed by atoms with E-state index in [2.05, 4.69) is 15.6 Å².